The van der Waals surface area contributed by atoms with E-state index in [-0.39, 0.29) is 17.6 Å². The van der Waals surface area contributed by atoms with Gasteiger partial charge in [-0.25, -0.2) is 0 Å². The zero-order valence-corrected chi connectivity index (χ0v) is 15.9. The van der Waals surface area contributed by atoms with Crippen molar-refractivity contribution in [1.29, 1.82) is 0 Å². The Hall–Kier alpha value is -3.47. The van der Waals surface area contributed by atoms with Gasteiger partial charge in [0.1, 0.15) is 0 Å². The van der Waals surface area contributed by atoms with Crippen molar-refractivity contribution in [2.24, 2.45) is 0 Å². The molecule has 0 saturated carbocycles. The molecule has 1 amide bonds. The Balaban J connectivity index is 2.10. The molecular formula is C23H22N2O3. The van der Waals surface area contributed by atoms with Crippen LogP contribution in [0, 0.1) is 17.0 Å². The van der Waals surface area contributed by atoms with Gasteiger partial charge in [0.2, 0.25) is 0 Å². The molecule has 0 radical (unpaired) electrons. The van der Waals surface area contributed by atoms with Crippen molar-refractivity contribution in [2.75, 3.05) is 6.54 Å². The predicted molar refractivity (Wildman–Crippen MR) is 109 cm³/mol. The second-order valence-electron chi connectivity index (χ2n) is 6.52. The number of carbonyl (C=O) groups is 1. The summed E-state index contributed by atoms with van der Waals surface area (Å²) in [5, 5.41) is 11.3. The first-order valence-electron chi connectivity index (χ1n) is 9.19. The lowest BCUT2D eigenvalue weighted by Gasteiger charge is -2.32. The summed E-state index contributed by atoms with van der Waals surface area (Å²) >= 11 is 0. The molecule has 0 N–H and O–H groups in total. The highest BCUT2D eigenvalue weighted by atomic mass is 16.6. The van der Waals surface area contributed by atoms with Gasteiger partial charge in [-0.15, -0.1) is 0 Å². The lowest BCUT2D eigenvalue weighted by atomic mass is 9.95. The molecule has 0 bridgehead atoms. The van der Waals surface area contributed by atoms with Crippen LogP contribution >= 0.6 is 0 Å². The molecule has 5 nitrogen and oxygen atoms in total. The van der Waals surface area contributed by atoms with E-state index in [9.17, 15) is 14.9 Å². The van der Waals surface area contributed by atoms with Crippen molar-refractivity contribution < 1.29 is 9.72 Å². The molecule has 0 aliphatic heterocycles. The second kappa shape index (κ2) is 8.48. The van der Waals surface area contributed by atoms with Gasteiger partial charge < -0.3 is 4.90 Å². The minimum Gasteiger partial charge on any atom is -0.328 e. The number of benzene rings is 3. The molecule has 0 aliphatic rings. The Labute approximate surface area is 164 Å². The van der Waals surface area contributed by atoms with E-state index < -0.39 is 4.92 Å². The zero-order valence-electron chi connectivity index (χ0n) is 15.9. The second-order valence-corrected chi connectivity index (χ2v) is 6.52. The van der Waals surface area contributed by atoms with Gasteiger partial charge in [0, 0.05) is 23.7 Å². The van der Waals surface area contributed by atoms with E-state index in [1.807, 2.05) is 67.6 Å². The molecule has 0 saturated heterocycles. The van der Waals surface area contributed by atoms with Gasteiger partial charge >= 0.3 is 0 Å². The number of nitro groups is 1. The normalized spacial score (nSPS) is 10.7. The first kappa shape index (κ1) is 19.3. The Morgan fingerprint density at radius 1 is 0.929 bits per heavy atom. The van der Waals surface area contributed by atoms with Crippen LogP contribution in [-0.2, 0) is 0 Å². The molecule has 28 heavy (non-hydrogen) atoms. The molecule has 0 atom stereocenters. The van der Waals surface area contributed by atoms with Crippen LogP contribution in [0.3, 0.4) is 0 Å². The van der Waals surface area contributed by atoms with Crippen molar-refractivity contribution in [2.45, 2.75) is 19.9 Å². The van der Waals surface area contributed by atoms with Crippen molar-refractivity contribution in [1.82, 2.24) is 4.90 Å². The lowest BCUT2D eigenvalue weighted by molar-refractivity contribution is -0.385. The average Bonchev–Trinajstić information content (AvgIpc) is 2.72. The number of nitrogens with zero attached hydrogens (tertiary/aromatic N) is 2. The minimum absolute atomic E-state index is 0.0436. The van der Waals surface area contributed by atoms with Crippen LogP contribution in [0.1, 0.15) is 40.0 Å². The van der Waals surface area contributed by atoms with Crippen LogP contribution in [0.15, 0.2) is 78.9 Å². The number of hydrogen-bond acceptors (Lipinski definition) is 3. The molecule has 3 aromatic rings. The quantitative estimate of drug-likeness (QED) is 0.442. The fraction of sp³-hybridized carbons (Fsp3) is 0.174. The summed E-state index contributed by atoms with van der Waals surface area (Å²) in [5.74, 6) is -0.221. The number of hydrogen-bond donors (Lipinski definition) is 0. The molecule has 0 heterocycles. The SMILES string of the molecule is CCN(C(=O)c1cccc([N+](=O)[O-])c1C)C(c1ccccc1)c1ccccc1. The largest absolute Gasteiger partial charge is 0.328 e. The van der Waals surface area contributed by atoms with Crippen molar-refractivity contribution >= 4 is 11.6 Å². The summed E-state index contributed by atoms with van der Waals surface area (Å²) in [4.78, 5) is 26.1. The third-order valence-corrected chi connectivity index (χ3v) is 4.88. The molecule has 0 unspecified atom stereocenters. The highest BCUT2D eigenvalue weighted by Crippen LogP contribution is 2.31. The first-order chi connectivity index (χ1) is 13.5. The number of amides is 1. The smallest absolute Gasteiger partial charge is 0.273 e. The van der Waals surface area contributed by atoms with Gasteiger partial charge in [0.05, 0.1) is 11.0 Å². The van der Waals surface area contributed by atoms with Gasteiger partial charge in [-0.3, -0.25) is 14.9 Å². The topological polar surface area (TPSA) is 63.5 Å². The standard InChI is InChI=1S/C23H22N2O3/c1-3-24(23(26)20-15-10-16-21(17(20)2)25(27)28)22(18-11-6-4-7-12-18)19-13-8-5-9-14-19/h4-16,22H,3H2,1-2H3. The van der Waals surface area contributed by atoms with Gasteiger partial charge in [0.15, 0.2) is 0 Å². The van der Waals surface area contributed by atoms with E-state index in [0.717, 1.165) is 11.1 Å². The minimum atomic E-state index is -0.450. The van der Waals surface area contributed by atoms with Crippen molar-refractivity contribution in [3.63, 3.8) is 0 Å². The molecule has 5 heteroatoms. The van der Waals surface area contributed by atoms with E-state index in [1.54, 1.807) is 24.0 Å². The predicted octanol–water partition coefficient (Wildman–Crippen LogP) is 5.15. The molecule has 0 fully saturated rings. The van der Waals surface area contributed by atoms with E-state index >= 15 is 0 Å². The van der Waals surface area contributed by atoms with Gasteiger partial charge in [0.25, 0.3) is 11.6 Å². The highest BCUT2D eigenvalue weighted by Gasteiger charge is 2.28. The summed E-state index contributed by atoms with van der Waals surface area (Å²) < 4.78 is 0. The summed E-state index contributed by atoms with van der Waals surface area (Å²) in [6.45, 7) is 4.01. The van der Waals surface area contributed by atoms with Crippen LogP contribution in [0.4, 0.5) is 5.69 Å². The Morgan fingerprint density at radius 3 is 1.93 bits per heavy atom. The highest BCUT2D eigenvalue weighted by molar-refractivity contribution is 5.97. The fourth-order valence-corrected chi connectivity index (χ4v) is 3.47. The van der Waals surface area contributed by atoms with E-state index in [0.29, 0.717) is 17.7 Å². The maximum atomic E-state index is 13.5. The first-order valence-corrected chi connectivity index (χ1v) is 9.19. The summed E-state index contributed by atoms with van der Waals surface area (Å²) in [5.41, 5.74) is 2.68. The molecule has 0 spiro atoms. The summed E-state index contributed by atoms with van der Waals surface area (Å²) in [6, 6.07) is 24.0. The van der Waals surface area contributed by atoms with Crippen LogP contribution in [0.5, 0.6) is 0 Å². The van der Waals surface area contributed by atoms with E-state index in [2.05, 4.69) is 0 Å². The molecule has 0 aromatic heterocycles. The van der Waals surface area contributed by atoms with Gasteiger partial charge in [-0.2, -0.15) is 0 Å². The molecule has 142 valence electrons. The maximum absolute atomic E-state index is 13.5. The number of rotatable bonds is 6. The lowest BCUT2D eigenvalue weighted by Crippen LogP contribution is -2.36. The van der Waals surface area contributed by atoms with Crippen LogP contribution in [-0.4, -0.2) is 22.3 Å². The Morgan fingerprint density at radius 2 is 1.46 bits per heavy atom. The van der Waals surface area contributed by atoms with Crippen LogP contribution < -0.4 is 0 Å². The maximum Gasteiger partial charge on any atom is 0.273 e. The number of nitro benzene ring substituents is 1. The van der Waals surface area contributed by atoms with Crippen LogP contribution in [0.2, 0.25) is 0 Å². The van der Waals surface area contributed by atoms with Crippen molar-refractivity contribution in [3.8, 4) is 0 Å². The fourth-order valence-electron chi connectivity index (χ4n) is 3.47. The molecule has 3 aromatic carbocycles. The Bertz CT molecular complexity index is 932. The van der Waals surface area contributed by atoms with Crippen molar-refractivity contribution in [3.05, 3.63) is 111 Å². The summed E-state index contributed by atoms with van der Waals surface area (Å²) in [7, 11) is 0. The van der Waals surface area contributed by atoms with Gasteiger partial charge in [-0.05, 0) is 31.0 Å². The number of carbonyl (C=O) groups excluding carboxylic acids is 1. The molecule has 0 aliphatic carbocycles. The summed E-state index contributed by atoms with van der Waals surface area (Å²) in [6.07, 6.45) is 0. The zero-order chi connectivity index (χ0) is 20.1. The molecular weight excluding hydrogens is 352 g/mol. The van der Waals surface area contributed by atoms with Gasteiger partial charge in [-0.1, -0.05) is 66.7 Å². The third-order valence-electron chi connectivity index (χ3n) is 4.88. The van der Waals surface area contributed by atoms with E-state index in [4.69, 9.17) is 0 Å². The average molecular weight is 374 g/mol. The Kier molecular flexibility index (Phi) is 5.84. The third kappa shape index (κ3) is 3.78. The van der Waals surface area contributed by atoms with E-state index in [1.165, 1.54) is 6.07 Å². The van der Waals surface area contributed by atoms with Crippen LogP contribution in [0.25, 0.3) is 0 Å². The molecule has 3 rings (SSSR count). The monoisotopic (exact) mass is 374 g/mol.